The fourth-order valence-corrected chi connectivity index (χ4v) is 1.99. The Balaban J connectivity index is 2.91. The van der Waals surface area contributed by atoms with Gasteiger partial charge in [0, 0.05) is 13.2 Å². The van der Waals surface area contributed by atoms with Crippen LogP contribution in [0, 0.1) is 11.3 Å². The van der Waals surface area contributed by atoms with Crippen molar-refractivity contribution in [2.24, 2.45) is 7.05 Å². The maximum Gasteiger partial charge on any atom is 0.322 e. The van der Waals surface area contributed by atoms with Crippen LogP contribution in [0.3, 0.4) is 0 Å². The van der Waals surface area contributed by atoms with E-state index in [1.54, 1.807) is 13.1 Å². The first-order valence-electron chi connectivity index (χ1n) is 4.39. The molecule has 0 atom stereocenters. The number of ether oxygens (including phenoxy) is 1. The molecule has 0 radical (unpaired) electrons. The Morgan fingerprint density at radius 2 is 2.35 bits per heavy atom. The Kier molecular flexibility index (Phi) is 3.69. The zero-order valence-electron chi connectivity index (χ0n) is 9.17. The average molecular weight is 258 g/mol. The maximum atomic E-state index is 11.5. The predicted molar refractivity (Wildman–Crippen MR) is 57.3 cm³/mol. The molecule has 0 amide bonds. The number of aromatic nitrogens is 2. The monoisotopic (exact) mass is 258 g/mol. The topological polar surface area (TPSA) is 114 Å². The van der Waals surface area contributed by atoms with E-state index in [0.29, 0.717) is 0 Å². The van der Waals surface area contributed by atoms with Gasteiger partial charge in [0.25, 0.3) is 0 Å². The summed E-state index contributed by atoms with van der Waals surface area (Å²) in [5.41, 5.74) is 0.0703. The van der Waals surface area contributed by atoms with Crippen molar-refractivity contribution in [3.05, 3.63) is 11.8 Å². The molecule has 0 fully saturated rings. The van der Waals surface area contributed by atoms with Gasteiger partial charge in [-0.2, -0.15) is 10.4 Å². The molecular weight excluding hydrogens is 248 g/mol. The Hall–Kier alpha value is -2.08. The largest absolute Gasteiger partial charge is 0.468 e. The summed E-state index contributed by atoms with van der Waals surface area (Å²) < 4.78 is 30.5. The summed E-state index contributed by atoms with van der Waals surface area (Å²) in [5, 5.41) is 12.5. The number of hydrogen-bond acceptors (Lipinski definition) is 6. The van der Waals surface area contributed by atoms with E-state index in [1.165, 1.54) is 10.9 Å². The minimum atomic E-state index is -3.92. The van der Waals surface area contributed by atoms with Crippen LogP contribution in [0.1, 0.15) is 5.56 Å². The van der Waals surface area contributed by atoms with Crippen molar-refractivity contribution in [2.75, 3.05) is 17.6 Å². The van der Waals surface area contributed by atoms with Gasteiger partial charge < -0.3 is 4.74 Å². The molecular formula is C8H10N4O4S. The number of rotatable bonds is 4. The summed E-state index contributed by atoms with van der Waals surface area (Å²) >= 11 is 0. The lowest BCUT2D eigenvalue weighted by Gasteiger charge is -2.03. The van der Waals surface area contributed by atoms with E-state index >= 15 is 0 Å². The Bertz CT molecular complexity index is 569. The van der Waals surface area contributed by atoms with Crippen LogP contribution in [-0.2, 0) is 26.6 Å². The van der Waals surface area contributed by atoms with E-state index in [2.05, 4.69) is 9.84 Å². The van der Waals surface area contributed by atoms with Crippen LogP contribution in [0.5, 0.6) is 0 Å². The minimum Gasteiger partial charge on any atom is -0.468 e. The van der Waals surface area contributed by atoms with Crippen molar-refractivity contribution in [2.45, 2.75) is 0 Å². The van der Waals surface area contributed by atoms with Gasteiger partial charge in [-0.25, -0.2) is 8.42 Å². The average Bonchev–Trinajstić information content (AvgIpc) is 2.56. The molecule has 1 rings (SSSR count). The van der Waals surface area contributed by atoms with Gasteiger partial charge in [-0.15, -0.1) is 0 Å². The fraction of sp³-hybridized carbons (Fsp3) is 0.375. The number of nitriles is 1. The fourth-order valence-electron chi connectivity index (χ4n) is 1.04. The third-order valence-corrected chi connectivity index (χ3v) is 2.86. The van der Waals surface area contributed by atoms with Gasteiger partial charge in [0.15, 0.2) is 11.6 Å². The molecule has 1 heterocycles. The highest BCUT2D eigenvalue weighted by atomic mass is 32.2. The summed E-state index contributed by atoms with van der Waals surface area (Å²) in [4.78, 5) is 10.8. The summed E-state index contributed by atoms with van der Waals surface area (Å²) in [5.74, 6) is -1.84. The third kappa shape index (κ3) is 3.46. The van der Waals surface area contributed by atoms with Gasteiger partial charge in [0.2, 0.25) is 10.0 Å². The van der Waals surface area contributed by atoms with Gasteiger partial charge in [-0.1, -0.05) is 0 Å². The smallest absolute Gasteiger partial charge is 0.322 e. The quantitative estimate of drug-likeness (QED) is 0.707. The second-order valence-corrected chi connectivity index (χ2v) is 4.84. The highest BCUT2D eigenvalue weighted by Gasteiger charge is 2.20. The number of hydrogen-bond donors (Lipinski definition) is 1. The molecule has 0 unspecified atom stereocenters. The van der Waals surface area contributed by atoms with Gasteiger partial charge in [0.1, 0.15) is 11.6 Å². The van der Waals surface area contributed by atoms with Crippen LogP contribution in [0.25, 0.3) is 0 Å². The standard InChI is InChI=1S/C8H10N4O4S/c1-12-4-6(3-9)8(10-12)11-17(14,15)5-7(13)16-2/h4H,5H2,1-2H3,(H,10,11). The highest BCUT2D eigenvalue weighted by Crippen LogP contribution is 2.12. The van der Waals surface area contributed by atoms with Crippen molar-refractivity contribution < 1.29 is 17.9 Å². The number of carbonyl (C=O) groups is 1. The Morgan fingerprint density at radius 1 is 1.71 bits per heavy atom. The van der Waals surface area contributed by atoms with Crippen LogP contribution in [0.15, 0.2) is 6.20 Å². The van der Waals surface area contributed by atoms with Crippen molar-refractivity contribution >= 4 is 21.8 Å². The first kappa shape index (κ1) is 13.0. The molecule has 1 aromatic rings. The zero-order valence-corrected chi connectivity index (χ0v) is 9.98. The Morgan fingerprint density at radius 3 is 2.88 bits per heavy atom. The molecule has 0 aliphatic rings. The molecule has 92 valence electrons. The molecule has 0 bridgehead atoms. The zero-order chi connectivity index (χ0) is 13.1. The molecule has 1 aromatic heterocycles. The van der Waals surface area contributed by atoms with Crippen LogP contribution in [0.2, 0.25) is 0 Å². The van der Waals surface area contributed by atoms with E-state index in [9.17, 15) is 13.2 Å². The second kappa shape index (κ2) is 4.84. The molecule has 1 N–H and O–H groups in total. The van der Waals surface area contributed by atoms with E-state index in [1.807, 2.05) is 4.72 Å². The van der Waals surface area contributed by atoms with Gasteiger partial charge >= 0.3 is 5.97 Å². The van der Waals surface area contributed by atoms with E-state index in [0.717, 1.165) is 7.11 Å². The van der Waals surface area contributed by atoms with Gasteiger partial charge in [-0.05, 0) is 0 Å². The molecule has 9 heteroatoms. The number of esters is 1. The number of nitrogens with one attached hydrogen (secondary N) is 1. The summed E-state index contributed by atoms with van der Waals surface area (Å²) in [7, 11) is -1.29. The molecule has 0 aliphatic carbocycles. The molecule has 17 heavy (non-hydrogen) atoms. The Labute approximate surface area is 97.8 Å². The third-order valence-electron chi connectivity index (χ3n) is 1.74. The first-order chi connectivity index (χ1) is 7.88. The van der Waals surface area contributed by atoms with Crippen molar-refractivity contribution in [1.29, 1.82) is 5.26 Å². The molecule has 0 aromatic carbocycles. The number of sulfonamides is 1. The van der Waals surface area contributed by atoms with Crippen molar-refractivity contribution in [3.8, 4) is 6.07 Å². The number of carbonyl (C=O) groups excluding carboxylic acids is 1. The van der Waals surface area contributed by atoms with Crippen LogP contribution in [0.4, 0.5) is 5.82 Å². The number of methoxy groups -OCH3 is 1. The van der Waals surface area contributed by atoms with Gasteiger partial charge in [0.05, 0.1) is 7.11 Å². The van der Waals surface area contributed by atoms with Crippen LogP contribution in [-0.4, -0.2) is 37.0 Å². The summed E-state index contributed by atoms with van der Waals surface area (Å²) in [6.45, 7) is 0. The SMILES string of the molecule is COC(=O)CS(=O)(=O)Nc1nn(C)cc1C#N. The second-order valence-electron chi connectivity index (χ2n) is 3.11. The molecule has 0 saturated carbocycles. The predicted octanol–water partition coefficient (Wildman–Crippen LogP) is -0.794. The lowest BCUT2D eigenvalue weighted by atomic mass is 10.4. The minimum absolute atomic E-state index is 0.0703. The van der Waals surface area contributed by atoms with Crippen LogP contribution < -0.4 is 4.72 Å². The number of aryl methyl sites for hydroxylation is 1. The molecule has 0 saturated heterocycles. The van der Waals surface area contributed by atoms with E-state index in [4.69, 9.17) is 5.26 Å². The first-order valence-corrected chi connectivity index (χ1v) is 6.04. The van der Waals surface area contributed by atoms with Gasteiger partial charge in [-0.3, -0.25) is 14.2 Å². The van der Waals surface area contributed by atoms with Crippen molar-refractivity contribution in [3.63, 3.8) is 0 Å². The molecule has 0 aliphatic heterocycles. The summed E-state index contributed by atoms with van der Waals surface area (Å²) in [6, 6.07) is 1.78. The normalized spacial score (nSPS) is 10.6. The van der Waals surface area contributed by atoms with E-state index < -0.39 is 21.7 Å². The van der Waals surface area contributed by atoms with Crippen molar-refractivity contribution in [1.82, 2.24) is 9.78 Å². The lowest BCUT2D eigenvalue weighted by Crippen LogP contribution is -2.24. The highest BCUT2D eigenvalue weighted by molar-refractivity contribution is 7.93. The summed E-state index contributed by atoms with van der Waals surface area (Å²) in [6.07, 6.45) is 1.36. The maximum absolute atomic E-state index is 11.5. The molecule has 8 nitrogen and oxygen atoms in total. The number of anilines is 1. The number of nitrogens with zero attached hydrogens (tertiary/aromatic N) is 3. The lowest BCUT2D eigenvalue weighted by molar-refractivity contribution is -0.137. The molecule has 0 spiro atoms. The van der Waals surface area contributed by atoms with E-state index in [-0.39, 0.29) is 11.4 Å². The van der Waals surface area contributed by atoms with Crippen LogP contribution >= 0.6 is 0 Å².